The highest BCUT2D eigenvalue weighted by Crippen LogP contribution is 2.29. The van der Waals surface area contributed by atoms with Crippen LogP contribution < -0.4 is 16.2 Å². The van der Waals surface area contributed by atoms with Crippen molar-refractivity contribution in [3.8, 4) is 16.3 Å². The van der Waals surface area contributed by atoms with Crippen molar-refractivity contribution in [2.75, 3.05) is 37.7 Å². The summed E-state index contributed by atoms with van der Waals surface area (Å²) in [5, 5.41) is 8.71. The number of hydrogen-bond donors (Lipinski definition) is 2. The zero-order valence-electron chi connectivity index (χ0n) is 16.9. The molecule has 1 aromatic heterocycles. The Balaban J connectivity index is 1.55. The molecule has 1 fully saturated rings. The molecule has 9 heteroatoms. The molecule has 1 aliphatic heterocycles. The van der Waals surface area contributed by atoms with Gasteiger partial charge in [0.1, 0.15) is 10.8 Å². The first-order valence-electron chi connectivity index (χ1n) is 9.67. The molecule has 0 amide bonds. The van der Waals surface area contributed by atoms with Crippen LogP contribution in [0.15, 0.2) is 34.5 Å². The maximum Gasteiger partial charge on any atom is 0.211 e. The summed E-state index contributed by atoms with van der Waals surface area (Å²) in [7, 11) is 0. The molecule has 2 heterocycles. The molecule has 0 radical (unpaired) electrons. The lowest BCUT2D eigenvalue weighted by Gasteiger charge is -2.25. The van der Waals surface area contributed by atoms with Crippen molar-refractivity contribution in [1.82, 2.24) is 9.88 Å². The van der Waals surface area contributed by atoms with Crippen molar-refractivity contribution in [1.29, 1.82) is 0 Å². The zero-order chi connectivity index (χ0) is 20.6. The van der Waals surface area contributed by atoms with E-state index in [9.17, 15) is 0 Å². The fourth-order valence-corrected chi connectivity index (χ4v) is 5.02. The highest BCUT2D eigenvalue weighted by atomic mass is 32.2. The molecule has 0 bridgehead atoms. The number of guanidine groups is 1. The van der Waals surface area contributed by atoms with E-state index in [0.29, 0.717) is 0 Å². The van der Waals surface area contributed by atoms with Crippen molar-refractivity contribution in [3.63, 3.8) is 0 Å². The minimum absolute atomic E-state index is 0.0581. The van der Waals surface area contributed by atoms with Gasteiger partial charge in [0, 0.05) is 36.7 Å². The van der Waals surface area contributed by atoms with Crippen LogP contribution in [0.1, 0.15) is 23.9 Å². The van der Waals surface area contributed by atoms with E-state index in [1.807, 2.05) is 49.9 Å². The largest absolute Gasteiger partial charge is 0.494 e. The highest BCUT2D eigenvalue weighted by Gasteiger charge is 2.12. The number of ether oxygens (including phenoxy) is 1. The maximum absolute atomic E-state index is 5.90. The Hall–Kier alpha value is -2.10. The average molecular weight is 433 g/mol. The van der Waals surface area contributed by atoms with Crippen LogP contribution in [0.4, 0.5) is 0 Å². The second-order valence-electron chi connectivity index (χ2n) is 6.82. The molecule has 156 valence electrons. The fraction of sp³-hybridized carbons (Fsp3) is 0.450. The van der Waals surface area contributed by atoms with Gasteiger partial charge in [0.2, 0.25) is 5.96 Å². The van der Waals surface area contributed by atoms with Gasteiger partial charge in [0.25, 0.3) is 0 Å². The lowest BCUT2D eigenvalue weighted by molar-refractivity contribution is 0.248. The normalized spacial score (nSPS) is 15.3. The van der Waals surface area contributed by atoms with Crippen LogP contribution in [0.3, 0.4) is 0 Å². The Morgan fingerprint density at radius 3 is 2.59 bits per heavy atom. The third-order valence-corrected chi connectivity index (χ3v) is 6.79. The van der Waals surface area contributed by atoms with E-state index < -0.39 is 0 Å². The van der Waals surface area contributed by atoms with Crippen LogP contribution in [0.2, 0.25) is 0 Å². The lowest BCUT2D eigenvalue weighted by atomic mass is 10.2. The van der Waals surface area contributed by atoms with Crippen LogP contribution in [-0.4, -0.2) is 59.3 Å². The molecule has 2 aromatic rings. The Kier molecular flexibility index (Phi) is 7.91. The number of nitrogens with two attached hydrogens (primary N) is 2. The second kappa shape index (κ2) is 10.6. The number of thioether (sulfide) groups is 1. The zero-order valence-corrected chi connectivity index (χ0v) is 18.6. The predicted molar refractivity (Wildman–Crippen MR) is 124 cm³/mol. The van der Waals surface area contributed by atoms with Gasteiger partial charge in [0.15, 0.2) is 0 Å². The summed E-state index contributed by atoms with van der Waals surface area (Å²) in [6.45, 7) is 8.08. The summed E-state index contributed by atoms with van der Waals surface area (Å²) in [6, 6.07) is 8.09. The summed E-state index contributed by atoms with van der Waals surface area (Å²) < 4.78 is 5.90. The summed E-state index contributed by atoms with van der Waals surface area (Å²) in [4.78, 5) is 8.16. The number of nitrogens with zero attached hydrogens (tertiary/aromatic N) is 4. The first-order chi connectivity index (χ1) is 14.0. The molecule has 0 spiro atoms. The predicted octanol–water partition coefficient (Wildman–Crippen LogP) is 2.93. The highest BCUT2D eigenvalue weighted by molar-refractivity contribution is 7.99. The summed E-state index contributed by atoms with van der Waals surface area (Å²) >= 11 is 3.62. The van der Waals surface area contributed by atoms with Gasteiger partial charge >= 0.3 is 0 Å². The van der Waals surface area contributed by atoms with E-state index >= 15 is 0 Å². The van der Waals surface area contributed by atoms with E-state index in [1.54, 1.807) is 11.3 Å². The standard InChI is InChI=1S/C20H28N6OS2/c1-14-18(15(2)24-25-20(21)22)29-19(23-14)16-4-6-17(7-5-16)27-11-3-8-26-9-12-28-13-10-26/h4-7H,3,8-13H2,1-2H3,(H4,21,22,25)/b24-15+. The molecule has 0 atom stereocenters. The van der Waals surface area contributed by atoms with Gasteiger partial charge in [-0.3, -0.25) is 0 Å². The van der Waals surface area contributed by atoms with Gasteiger partial charge < -0.3 is 21.1 Å². The Bertz CT molecular complexity index is 852. The molecule has 1 saturated heterocycles. The van der Waals surface area contributed by atoms with Crippen LogP contribution in [-0.2, 0) is 0 Å². The van der Waals surface area contributed by atoms with Crippen LogP contribution in [0, 0.1) is 6.92 Å². The molecule has 0 unspecified atom stereocenters. The first kappa shape index (κ1) is 21.6. The number of aromatic nitrogens is 1. The van der Waals surface area contributed by atoms with Crippen molar-refractivity contribution in [3.05, 3.63) is 34.8 Å². The van der Waals surface area contributed by atoms with Gasteiger partial charge in [-0.25, -0.2) is 4.98 Å². The van der Waals surface area contributed by atoms with Crippen LogP contribution in [0.5, 0.6) is 5.75 Å². The molecule has 7 nitrogen and oxygen atoms in total. The van der Waals surface area contributed by atoms with E-state index in [0.717, 1.165) is 52.2 Å². The van der Waals surface area contributed by atoms with Crippen LogP contribution in [0.25, 0.3) is 10.6 Å². The maximum atomic E-state index is 5.90. The number of thiazole rings is 1. The SMILES string of the molecule is C/C(=N\N=C(N)N)c1sc(-c2ccc(OCCCN3CCSCC3)cc2)nc1C. The topological polar surface area (TPSA) is 102 Å². The van der Waals surface area contributed by atoms with E-state index in [4.69, 9.17) is 16.2 Å². The molecular formula is C20H28N6OS2. The first-order valence-corrected chi connectivity index (χ1v) is 11.6. The third kappa shape index (κ3) is 6.45. The Labute approximate surface area is 180 Å². The summed E-state index contributed by atoms with van der Waals surface area (Å²) in [5.41, 5.74) is 13.4. The van der Waals surface area contributed by atoms with Crippen molar-refractivity contribution in [2.45, 2.75) is 20.3 Å². The van der Waals surface area contributed by atoms with Gasteiger partial charge in [-0.2, -0.15) is 16.9 Å². The second-order valence-corrected chi connectivity index (χ2v) is 9.05. The smallest absolute Gasteiger partial charge is 0.211 e. The molecule has 1 aromatic carbocycles. The minimum Gasteiger partial charge on any atom is -0.494 e. The average Bonchev–Trinajstić information content (AvgIpc) is 3.12. The van der Waals surface area contributed by atoms with E-state index in [2.05, 4.69) is 20.1 Å². The quantitative estimate of drug-likeness (QED) is 0.288. The van der Waals surface area contributed by atoms with Gasteiger partial charge in [0.05, 0.1) is 22.9 Å². The lowest BCUT2D eigenvalue weighted by Crippen LogP contribution is -2.33. The van der Waals surface area contributed by atoms with Gasteiger partial charge in [-0.15, -0.1) is 16.4 Å². The van der Waals surface area contributed by atoms with E-state index in [1.165, 1.54) is 24.6 Å². The van der Waals surface area contributed by atoms with Crippen LogP contribution >= 0.6 is 23.1 Å². The summed E-state index contributed by atoms with van der Waals surface area (Å²) in [5.74, 6) is 3.33. The Morgan fingerprint density at radius 1 is 1.17 bits per heavy atom. The molecule has 29 heavy (non-hydrogen) atoms. The summed E-state index contributed by atoms with van der Waals surface area (Å²) in [6.07, 6.45) is 1.05. The number of hydrogen-bond acceptors (Lipinski definition) is 7. The van der Waals surface area contributed by atoms with E-state index in [-0.39, 0.29) is 5.96 Å². The fourth-order valence-electron chi connectivity index (χ4n) is 3.03. The third-order valence-electron chi connectivity index (χ3n) is 4.53. The molecule has 0 aliphatic carbocycles. The molecule has 1 aliphatic rings. The minimum atomic E-state index is -0.0581. The number of aryl methyl sites for hydroxylation is 1. The molecule has 3 rings (SSSR count). The monoisotopic (exact) mass is 432 g/mol. The molecule has 4 N–H and O–H groups in total. The molecular weight excluding hydrogens is 404 g/mol. The van der Waals surface area contributed by atoms with Gasteiger partial charge in [-0.05, 0) is 44.5 Å². The van der Waals surface area contributed by atoms with Gasteiger partial charge in [-0.1, -0.05) is 0 Å². The van der Waals surface area contributed by atoms with Crippen molar-refractivity contribution in [2.24, 2.45) is 21.7 Å². The van der Waals surface area contributed by atoms with Crippen molar-refractivity contribution >= 4 is 34.8 Å². The van der Waals surface area contributed by atoms with Crippen molar-refractivity contribution < 1.29 is 4.74 Å². The Morgan fingerprint density at radius 2 is 1.90 bits per heavy atom. The number of rotatable bonds is 8. The molecule has 0 saturated carbocycles. The number of benzene rings is 1.